The summed E-state index contributed by atoms with van der Waals surface area (Å²) in [6, 6.07) is 13.0. The number of rotatable bonds is 6. The summed E-state index contributed by atoms with van der Waals surface area (Å²) in [6.45, 7) is 1.69. The lowest BCUT2D eigenvalue weighted by molar-refractivity contribution is -0.140. The summed E-state index contributed by atoms with van der Waals surface area (Å²) in [6.07, 6.45) is 0.385. The van der Waals surface area contributed by atoms with Crippen molar-refractivity contribution in [1.82, 2.24) is 20.7 Å². The Morgan fingerprint density at radius 1 is 1.18 bits per heavy atom. The summed E-state index contributed by atoms with van der Waals surface area (Å²) in [7, 11) is 1.50. The highest BCUT2D eigenvalue weighted by molar-refractivity contribution is 6.08. The van der Waals surface area contributed by atoms with Gasteiger partial charge in [0, 0.05) is 6.54 Å². The van der Waals surface area contributed by atoms with Crippen LogP contribution < -0.4 is 21.2 Å². The van der Waals surface area contributed by atoms with Gasteiger partial charge in [-0.2, -0.15) is 5.01 Å². The van der Waals surface area contributed by atoms with Gasteiger partial charge in [0.25, 0.3) is 11.8 Å². The average Bonchev–Trinajstić information content (AvgIpc) is 3.02. The van der Waals surface area contributed by atoms with E-state index >= 15 is 0 Å². The minimum atomic E-state index is -1.38. The molecule has 10 heteroatoms. The van der Waals surface area contributed by atoms with Crippen molar-refractivity contribution in [2.45, 2.75) is 31.5 Å². The summed E-state index contributed by atoms with van der Waals surface area (Å²) in [5, 5.41) is 3.29. The molecule has 172 valence electrons. The maximum Gasteiger partial charge on any atom is 0.344 e. The van der Waals surface area contributed by atoms with Gasteiger partial charge in [0.05, 0.1) is 19.7 Å². The zero-order valence-electron chi connectivity index (χ0n) is 18.3. The number of hydrogen-bond acceptors (Lipinski definition) is 6. The summed E-state index contributed by atoms with van der Waals surface area (Å²) in [5.41, 5.74) is 9.07. The maximum atomic E-state index is 13.1. The van der Waals surface area contributed by atoms with Gasteiger partial charge in [-0.3, -0.25) is 24.7 Å². The van der Waals surface area contributed by atoms with Gasteiger partial charge in [-0.1, -0.05) is 36.4 Å². The molecule has 10 nitrogen and oxygen atoms in total. The Kier molecular flexibility index (Phi) is 5.77. The van der Waals surface area contributed by atoms with E-state index in [1.807, 2.05) is 24.3 Å². The largest absolute Gasteiger partial charge is 0.497 e. The number of methoxy groups -OCH3 is 1. The Morgan fingerprint density at radius 2 is 1.91 bits per heavy atom. The highest BCUT2D eigenvalue weighted by atomic mass is 16.5. The summed E-state index contributed by atoms with van der Waals surface area (Å²) in [5.74, 6) is -1.26. The quantitative estimate of drug-likeness (QED) is 0.545. The number of nitrogens with two attached hydrogens (primary N) is 1. The molecule has 1 saturated heterocycles. The molecule has 0 radical (unpaired) electrons. The molecule has 2 aliphatic heterocycles. The molecular weight excluding hydrogens is 426 g/mol. The number of ether oxygens (including phenoxy) is 1. The number of carbonyl (C=O) groups is 4. The topological polar surface area (TPSA) is 134 Å². The van der Waals surface area contributed by atoms with Gasteiger partial charge in [-0.05, 0) is 42.2 Å². The van der Waals surface area contributed by atoms with E-state index in [2.05, 4.69) is 10.7 Å². The van der Waals surface area contributed by atoms with E-state index in [1.54, 1.807) is 36.1 Å². The van der Waals surface area contributed by atoms with Crippen molar-refractivity contribution >= 4 is 23.8 Å². The molecule has 33 heavy (non-hydrogen) atoms. The molecule has 2 aromatic carbocycles. The fourth-order valence-corrected chi connectivity index (χ4v) is 4.24. The molecule has 4 rings (SSSR count). The second-order valence-corrected chi connectivity index (χ2v) is 8.26. The van der Waals surface area contributed by atoms with E-state index in [9.17, 15) is 19.2 Å². The van der Waals surface area contributed by atoms with Crippen molar-refractivity contribution in [1.29, 1.82) is 0 Å². The smallest absolute Gasteiger partial charge is 0.344 e. The lowest BCUT2D eigenvalue weighted by Crippen LogP contribution is -2.55. The molecule has 0 aromatic heterocycles. The number of nitrogens with one attached hydrogen (secondary N) is 2. The number of primary amides is 1. The number of benzene rings is 2. The first-order chi connectivity index (χ1) is 15.7. The number of carbonyl (C=O) groups excluding carboxylic acids is 4. The van der Waals surface area contributed by atoms with E-state index < -0.39 is 35.3 Å². The molecule has 2 aliphatic rings. The van der Waals surface area contributed by atoms with Crippen LogP contribution in [0.15, 0.2) is 48.5 Å². The van der Waals surface area contributed by atoms with Crippen LogP contribution in [0.4, 0.5) is 4.79 Å². The maximum absolute atomic E-state index is 13.1. The van der Waals surface area contributed by atoms with Gasteiger partial charge in [-0.15, -0.1) is 0 Å². The zero-order valence-corrected chi connectivity index (χ0v) is 18.3. The number of hydrazine groups is 1. The number of amides is 5. The van der Waals surface area contributed by atoms with Crippen molar-refractivity contribution in [3.63, 3.8) is 0 Å². The average molecular weight is 451 g/mol. The molecule has 4 N–H and O–H groups in total. The minimum absolute atomic E-state index is 0.213. The van der Waals surface area contributed by atoms with Crippen LogP contribution in [0, 0.1) is 0 Å². The minimum Gasteiger partial charge on any atom is -0.497 e. The number of fused-ring (bicyclic) bond motifs is 1. The highest BCUT2D eigenvalue weighted by Crippen LogP contribution is 2.30. The van der Waals surface area contributed by atoms with Gasteiger partial charge in [0.1, 0.15) is 11.3 Å². The van der Waals surface area contributed by atoms with Crippen LogP contribution in [-0.2, 0) is 32.9 Å². The standard InChI is InChI=1S/C23H25N5O5/c1-23(16-8-5-9-17(11-16)33-2)21(31)28(22(32)25-23)26-19(29)13-27-12-15-7-4-3-6-14(15)10-18(27)20(24)30/h3-9,11,18H,10,12-13H2,1-2H3,(H2,24,30)(H,25,32)(H,26,29)/t18-,23?/m0/s1. The van der Waals surface area contributed by atoms with E-state index in [0.29, 0.717) is 29.3 Å². The van der Waals surface area contributed by atoms with Crippen molar-refractivity contribution in [3.8, 4) is 5.75 Å². The Balaban J connectivity index is 1.48. The molecule has 1 unspecified atom stereocenters. The van der Waals surface area contributed by atoms with Crippen LogP contribution in [-0.4, -0.2) is 53.4 Å². The van der Waals surface area contributed by atoms with Crippen molar-refractivity contribution in [2.75, 3.05) is 13.7 Å². The summed E-state index contributed by atoms with van der Waals surface area (Å²) < 4.78 is 5.20. The van der Waals surface area contributed by atoms with Gasteiger partial charge in [-0.25, -0.2) is 4.79 Å². The Morgan fingerprint density at radius 3 is 2.61 bits per heavy atom. The number of imide groups is 1. The fourth-order valence-electron chi connectivity index (χ4n) is 4.24. The first-order valence-electron chi connectivity index (χ1n) is 10.4. The second-order valence-electron chi connectivity index (χ2n) is 8.26. The van der Waals surface area contributed by atoms with E-state index in [0.717, 1.165) is 11.1 Å². The van der Waals surface area contributed by atoms with Gasteiger partial charge in [0.15, 0.2) is 0 Å². The van der Waals surface area contributed by atoms with Crippen LogP contribution >= 0.6 is 0 Å². The van der Waals surface area contributed by atoms with Gasteiger partial charge >= 0.3 is 6.03 Å². The molecule has 1 fully saturated rings. The van der Waals surface area contributed by atoms with Crippen LogP contribution in [0.2, 0.25) is 0 Å². The number of hydrogen-bond donors (Lipinski definition) is 3. The van der Waals surface area contributed by atoms with Crippen LogP contribution in [0.1, 0.15) is 23.6 Å². The normalized spacial score (nSPS) is 22.5. The SMILES string of the molecule is COc1cccc(C2(C)NC(=O)N(NC(=O)CN3Cc4ccccc4C[C@H]3C(N)=O)C2=O)c1. The van der Waals surface area contributed by atoms with E-state index in [4.69, 9.17) is 10.5 Å². The van der Waals surface area contributed by atoms with Crippen LogP contribution in [0.3, 0.4) is 0 Å². The first kappa shape index (κ1) is 22.3. The molecule has 0 saturated carbocycles. The fraction of sp³-hybridized carbons (Fsp3) is 0.304. The Labute approximate surface area is 190 Å². The molecular formula is C23H25N5O5. The third kappa shape index (κ3) is 4.12. The van der Waals surface area contributed by atoms with E-state index in [1.165, 1.54) is 7.11 Å². The Hall–Kier alpha value is -3.92. The molecule has 0 spiro atoms. The molecule has 2 atom stereocenters. The summed E-state index contributed by atoms with van der Waals surface area (Å²) >= 11 is 0. The molecule has 0 bridgehead atoms. The van der Waals surface area contributed by atoms with Crippen LogP contribution in [0.25, 0.3) is 0 Å². The summed E-state index contributed by atoms with van der Waals surface area (Å²) in [4.78, 5) is 52.1. The number of urea groups is 1. The van der Waals surface area contributed by atoms with E-state index in [-0.39, 0.29) is 6.54 Å². The van der Waals surface area contributed by atoms with Gasteiger partial charge in [0.2, 0.25) is 5.91 Å². The molecule has 0 aliphatic carbocycles. The molecule has 5 amide bonds. The zero-order chi connectivity index (χ0) is 23.8. The highest BCUT2D eigenvalue weighted by Gasteiger charge is 2.50. The number of nitrogens with zero attached hydrogens (tertiary/aromatic N) is 2. The third-order valence-corrected chi connectivity index (χ3v) is 6.10. The lowest BCUT2D eigenvalue weighted by atomic mass is 9.92. The van der Waals surface area contributed by atoms with Gasteiger partial charge < -0.3 is 15.8 Å². The van der Waals surface area contributed by atoms with Crippen molar-refractivity contribution in [2.24, 2.45) is 5.73 Å². The first-order valence-corrected chi connectivity index (χ1v) is 10.4. The Bertz CT molecular complexity index is 1140. The van der Waals surface area contributed by atoms with Crippen LogP contribution in [0.5, 0.6) is 5.75 Å². The molecule has 2 aromatic rings. The molecule has 2 heterocycles. The predicted molar refractivity (Wildman–Crippen MR) is 117 cm³/mol. The monoisotopic (exact) mass is 451 g/mol. The van der Waals surface area contributed by atoms with Crippen molar-refractivity contribution < 1.29 is 23.9 Å². The van der Waals surface area contributed by atoms with Crippen molar-refractivity contribution in [3.05, 3.63) is 65.2 Å². The third-order valence-electron chi connectivity index (χ3n) is 6.10. The second kappa shape index (κ2) is 8.55. The lowest BCUT2D eigenvalue weighted by Gasteiger charge is -2.34. The predicted octanol–water partition coefficient (Wildman–Crippen LogP) is 0.406.